The lowest BCUT2D eigenvalue weighted by atomic mass is 9.94. The van der Waals surface area contributed by atoms with Gasteiger partial charge in [0.15, 0.2) is 0 Å². The van der Waals surface area contributed by atoms with Crippen LogP contribution >= 0.6 is 0 Å². The van der Waals surface area contributed by atoms with Crippen LogP contribution in [0.5, 0.6) is 0 Å². The van der Waals surface area contributed by atoms with Gasteiger partial charge in [-0.3, -0.25) is 0 Å². The average Bonchev–Trinajstić information content (AvgIpc) is 3.85. The van der Waals surface area contributed by atoms with Crippen molar-refractivity contribution >= 4 is 82.4 Å². The summed E-state index contributed by atoms with van der Waals surface area (Å²) in [6.07, 6.45) is 0. The average molecular weight is 753 g/mol. The molecular formula is C56H36N2O. The Hall–Kier alpha value is -7.88. The molecule has 0 spiro atoms. The van der Waals surface area contributed by atoms with Crippen molar-refractivity contribution in [1.29, 1.82) is 0 Å². The smallest absolute Gasteiger partial charge is 0.136 e. The van der Waals surface area contributed by atoms with Crippen molar-refractivity contribution in [1.82, 2.24) is 4.57 Å². The molecule has 0 bridgehead atoms. The summed E-state index contributed by atoms with van der Waals surface area (Å²) in [7, 11) is 0. The lowest BCUT2D eigenvalue weighted by Gasteiger charge is -2.27. The second-order valence-corrected chi connectivity index (χ2v) is 15.3. The van der Waals surface area contributed by atoms with Crippen LogP contribution in [0, 0.1) is 0 Å². The van der Waals surface area contributed by atoms with Crippen LogP contribution in [0.3, 0.4) is 0 Å². The molecule has 0 saturated heterocycles. The van der Waals surface area contributed by atoms with Gasteiger partial charge in [0.2, 0.25) is 0 Å². The highest BCUT2D eigenvalue weighted by Crippen LogP contribution is 2.46. The van der Waals surface area contributed by atoms with Gasteiger partial charge in [-0.2, -0.15) is 0 Å². The molecule has 276 valence electrons. The summed E-state index contributed by atoms with van der Waals surface area (Å²) in [5, 5.41) is 9.41. The predicted octanol–water partition coefficient (Wildman–Crippen LogP) is 15.8. The molecule has 2 aromatic heterocycles. The van der Waals surface area contributed by atoms with Crippen molar-refractivity contribution in [2.75, 3.05) is 4.90 Å². The van der Waals surface area contributed by atoms with Gasteiger partial charge in [0.25, 0.3) is 0 Å². The van der Waals surface area contributed by atoms with Gasteiger partial charge >= 0.3 is 0 Å². The second-order valence-electron chi connectivity index (χ2n) is 15.3. The first-order valence-electron chi connectivity index (χ1n) is 20.2. The third-order valence-electron chi connectivity index (χ3n) is 11.9. The van der Waals surface area contributed by atoms with E-state index in [1.54, 1.807) is 0 Å². The third kappa shape index (κ3) is 5.36. The molecule has 0 unspecified atom stereocenters. The molecular weight excluding hydrogens is 717 g/mol. The molecule has 0 aliphatic rings. The minimum absolute atomic E-state index is 0.907. The van der Waals surface area contributed by atoms with Crippen molar-refractivity contribution in [3.63, 3.8) is 0 Å². The van der Waals surface area contributed by atoms with Crippen LogP contribution in [0.4, 0.5) is 17.1 Å². The Balaban J connectivity index is 1.08. The largest absolute Gasteiger partial charge is 0.456 e. The highest BCUT2D eigenvalue weighted by atomic mass is 16.3. The molecule has 0 N–H and O–H groups in total. The predicted molar refractivity (Wildman–Crippen MR) is 249 cm³/mol. The number of furan rings is 1. The Bertz CT molecular complexity index is 3540. The first kappa shape index (κ1) is 33.3. The zero-order valence-electron chi connectivity index (χ0n) is 32.1. The highest BCUT2D eigenvalue weighted by molar-refractivity contribution is 6.23. The normalized spacial score (nSPS) is 11.7. The Kier molecular flexibility index (Phi) is 7.54. The standard InChI is InChI=1S/C56H36N2O/c1-3-14-37(15-4-1)45-19-9-10-20-46(45)39-26-30-43(31-27-39)58-52-24-13-23-51(55(52)49-33-29-38-16-7-8-21-47(38)56(49)58)57(42-17-5-2-6-18-42)44-32-28-40-36-54-50(35-41(40)34-44)48-22-11-12-25-53(48)59-54/h1-36H. The first-order chi connectivity index (χ1) is 29.3. The van der Waals surface area contributed by atoms with Crippen LogP contribution in [0.25, 0.3) is 93.2 Å². The van der Waals surface area contributed by atoms with Gasteiger partial charge in [0, 0.05) is 44.0 Å². The summed E-state index contributed by atoms with van der Waals surface area (Å²) in [4.78, 5) is 2.42. The maximum atomic E-state index is 6.27. The van der Waals surface area contributed by atoms with Crippen LogP contribution in [-0.4, -0.2) is 4.57 Å². The van der Waals surface area contributed by atoms with Crippen LogP contribution in [0.2, 0.25) is 0 Å². The molecule has 0 amide bonds. The number of benzene rings is 10. The summed E-state index contributed by atoms with van der Waals surface area (Å²) in [5.41, 5.74) is 13.4. The van der Waals surface area contributed by atoms with E-state index in [9.17, 15) is 0 Å². The molecule has 59 heavy (non-hydrogen) atoms. The Morgan fingerprint density at radius 2 is 1.05 bits per heavy atom. The summed E-state index contributed by atoms with van der Waals surface area (Å²) in [6, 6.07) is 78.8. The molecule has 12 rings (SSSR count). The summed E-state index contributed by atoms with van der Waals surface area (Å²) in [5.74, 6) is 0. The number of nitrogens with zero attached hydrogens (tertiary/aromatic N) is 2. The molecule has 3 nitrogen and oxygen atoms in total. The lowest BCUT2D eigenvalue weighted by Crippen LogP contribution is -2.10. The Morgan fingerprint density at radius 3 is 1.86 bits per heavy atom. The van der Waals surface area contributed by atoms with E-state index in [1.165, 1.54) is 49.3 Å². The van der Waals surface area contributed by atoms with E-state index in [4.69, 9.17) is 4.42 Å². The van der Waals surface area contributed by atoms with Crippen LogP contribution < -0.4 is 4.90 Å². The topological polar surface area (TPSA) is 21.3 Å². The van der Waals surface area contributed by atoms with Crippen molar-refractivity contribution in [2.45, 2.75) is 0 Å². The molecule has 3 heteroatoms. The van der Waals surface area contributed by atoms with Gasteiger partial charge in [-0.25, -0.2) is 0 Å². The maximum absolute atomic E-state index is 6.27. The lowest BCUT2D eigenvalue weighted by molar-refractivity contribution is 0.669. The molecule has 0 radical (unpaired) electrons. The summed E-state index contributed by atoms with van der Waals surface area (Å²) < 4.78 is 8.74. The molecule has 0 aliphatic carbocycles. The fourth-order valence-electron chi connectivity index (χ4n) is 9.26. The zero-order chi connectivity index (χ0) is 38.9. The van der Waals surface area contributed by atoms with Gasteiger partial charge < -0.3 is 13.9 Å². The van der Waals surface area contributed by atoms with E-state index in [1.807, 2.05) is 12.1 Å². The van der Waals surface area contributed by atoms with E-state index < -0.39 is 0 Å². The van der Waals surface area contributed by atoms with Gasteiger partial charge in [0.05, 0.1) is 16.7 Å². The fraction of sp³-hybridized carbons (Fsp3) is 0. The van der Waals surface area contributed by atoms with Crippen molar-refractivity contribution < 1.29 is 4.42 Å². The van der Waals surface area contributed by atoms with Crippen molar-refractivity contribution in [2.24, 2.45) is 0 Å². The molecule has 10 aromatic carbocycles. The molecule has 0 atom stereocenters. The van der Waals surface area contributed by atoms with Crippen LogP contribution in [0.15, 0.2) is 223 Å². The molecule has 12 aromatic rings. The number of fused-ring (bicyclic) bond motifs is 9. The second kappa shape index (κ2) is 13.4. The number of aromatic nitrogens is 1. The van der Waals surface area contributed by atoms with Crippen molar-refractivity contribution in [3.05, 3.63) is 218 Å². The number of hydrogen-bond acceptors (Lipinski definition) is 2. The van der Waals surface area contributed by atoms with Gasteiger partial charge in [-0.1, -0.05) is 152 Å². The van der Waals surface area contributed by atoms with Crippen LogP contribution in [-0.2, 0) is 0 Å². The van der Waals surface area contributed by atoms with E-state index in [2.05, 4.69) is 216 Å². The minimum atomic E-state index is 0.907. The van der Waals surface area contributed by atoms with E-state index in [-0.39, 0.29) is 0 Å². The number of hydrogen-bond donors (Lipinski definition) is 0. The quantitative estimate of drug-likeness (QED) is 0.169. The molecule has 0 aliphatic heterocycles. The van der Waals surface area contributed by atoms with E-state index in [0.717, 1.165) is 61.0 Å². The third-order valence-corrected chi connectivity index (χ3v) is 11.9. The van der Waals surface area contributed by atoms with Crippen LogP contribution in [0.1, 0.15) is 0 Å². The molecule has 2 heterocycles. The summed E-state index contributed by atoms with van der Waals surface area (Å²) in [6.45, 7) is 0. The SMILES string of the molecule is c1ccc(-c2ccccc2-c2ccc(-n3c4cccc(N(c5ccccc5)c5ccc6cc7oc8ccccc8c7cc6c5)c4c4ccc5ccccc5c43)cc2)cc1. The molecule has 0 fully saturated rings. The Morgan fingerprint density at radius 1 is 0.373 bits per heavy atom. The summed E-state index contributed by atoms with van der Waals surface area (Å²) >= 11 is 0. The molecule has 0 saturated carbocycles. The highest BCUT2D eigenvalue weighted by Gasteiger charge is 2.23. The van der Waals surface area contributed by atoms with E-state index >= 15 is 0 Å². The van der Waals surface area contributed by atoms with E-state index in [0.29, 0.717) is 0 Å². The number of rotatable bonds is 6. The number of para-hydroxylation sites is 2. The van der Waals surface area contributed by atoms with Gasteiger partial charge in [-0.15, -0.1) is 0 Å². The minimum Gasteiger partial charge on any atom is -0.456 e. The fourth-order valence-corrected chi connectivity index (χ4v) is 9.26. The van der Waals surface area contributed by atoms with Gasteiger partial charge in [-0.05, 0) is 105 Å². The Labute approximate surface area is 341 Å². The van der Waals surface area contributed by atoms with Gasteiger partial charge in [0.1, 0.15) is 11.2 Å². The maximum Gasteiger partial charge on any atom is 0.136 e. The zero-order valence-corrected chi connectivity index (χ0v) is 32.1. The monoisotopic (exact) mass is 752 g/mol. The van der Waals surface area contributed by atoms with Crippen molar-refractivity contribution in [3.8, 4) is 27.9 Å². The number of anilines is 3. The first-order valence-corrected chi connectivity index (χ1v) is 20.2.